The van der Waals surface area contributed by atoms with Crippen LogP contribution in [0.3, 0.4) is 0 Å². The number of nitrogens with zero attached hydrogens (tertiary/aromatic N) is 3. The molecule has 0 radical (unpaired) electrons. The summed E-state index contributed by atoms with van der Waals surface area (Å²) in [5, 5.41) is 4.12. The first-order chi connectivity index (χ1) is 15.1. The van der Waals surface area contributed by atoms with Gasteiger partial charge < -0.3 is 19.5 Å². The molecule has 1 aromatic heterocycles. The van der Waals surface area contributed by atoms with E-state index in [0.717, 1.165) is 39.3 Å². The molecule has 0 saturated carbocycles. The number of hydrogen-bond donors (Lipinski definition) is 1. The first kappa shape index (κ1) is 21.5. The lowest BCUT2D eigenvalue weighted by Crippen LogP contribution is -2.37. The maximum absolute atomic E-state index is 14.2. The highest BCUT2D eigenvalue weighted by atomic mass is 35.5. The van der Waals surface area contributed by atoms with Gasteiger partial charge in [-0.05, 0) is 30.7 Å². The molecule has 0 aliphatic carbocycles. The molecule has 0 spiro atoms. The molecule has 0 atom stereocenters. The molecule has 1 N–H and O–H groups in total. The van der Waals surface area contributed by atoms with Gasteiger partial charge in [-0.2, -0.15) is 0 Å². The van der Waals surface area contributed by atoms with E-state index in [1.54, 1.807) is 13.2 Å². The Balaban J connectivity index is 1.52. The summed E-state index contributed by atoms with van der Waals surface area (Å²) in [5.74, 6) is 1.19. The highest BCUT2D eigenvalue weighted by Gasteiger charge is 2.14. The molecule has 7 nitrogen and oxygen atoms in total. The van der Waals surface area contributed by atoms with E-state index in [1.807, 2.05) is 6.07 Å². The number of hydrogen-bond acceptors (Lipinski definition) is 7. The first-order valence-corrected chi connectivity index (χ1v) is 10.5. The minimum atomic E-state index is -0.427. The Labute approximate surface area is 185 Å². The monoisotopic (exact) mass is 446 g/mol. The summed E-state index contributed by atoms with van der Waals surface area (Å²) in [7, 11) is 1.59. The lowest BCUT2D eigenvalue weighted by molar-refractivity contribution is 0.0357. The SMILES string of the molecule is COc1cc2ncnc(Nc3cc(Cl)ccc3F)c2cc1OCCCN1CCOCC1. The van der Waals surface area contributed by atoms with Gasteiger partial charge in [-0.3, -0.25) is 4.90 Å². The summed E-state index contributed by atoms with van der Waals surface area (Å²) >= 11 is 6.01. The van der Waals surface area contributed by atoms with Gasteiger partial charge in [-0.1, -0.05) is 11.6 Å². The van der Waals surface area contributed by atoms with Gasteiger partial charge in [0.2, 0.25) is 0 Å². The molecule has 2 aromatic carbocycles. The van der Waals surface area contributed by atoms with Crippen LogP contribution in [0.5, 0.6) is 11.5 Å². The molecular weight excluding hydrogens is 423 g/mol. The van der Waals surface area contributed by atoms with Gasteiger partial charge in [0.15, 0.2) is 11.5 Å². The van der Waals surface area contributed by atoms with Gasteiger partial charge in [0.25, 0.3) is 0 Å². The third-order valence-corrected chi connectivity index (χ3v) is 5.32. The summed E-state index contributed by atoms with van der Waals surface area (Å²) in [6.07, 6.45) is 2.29. The Morgan fingerprint density at radius 3 is 2.81 bits per heavy atom. The van der Waals surface area contributed by atoms with Crippen LogP contribution in [0, 0.1) is 5.82 Å². The molecule has 164 valence electrons. The zero-order chi connectivity index (χ0) is 21.6. The molecule has 1 saturated heterocycles. The van der Waals surface area contributed by atoms with Gasteiger partial charge >= 0.3 is 0 Å². The Bertz CT molecular complexity index is 1050. The molecule has 31 heavy (non-hydrogen) atoms. The normalized spacial score (nSPS) is 14.5. The molecule has 1 fully saturated rings. The summed E-state index contributed by atoms with van der Waals surface area (Å²) in [6, 6.07) is 7.91. The van der Waals surface area contributed by atoms with Gasteiger partial charge in [-0.15, -0.1) is 0 Å². The fourth-order valence-electron chi connectivity index (χ4n) is 3.45. The number of halogens is 2. The molecule has 9 heteroatoms. The number of fused-ring (bicyclic) bond motifs is 1. The maximum atomic E-state index is 14.2. The average molecular weight is 447 g/mol. The minimum Gasteiger partial charge on any atom is -0.493 e. The number of ether oxygens (including phenoxy) is 3. The molecule has 0 amide bonds. The molecular formula is C22H24ClFN4O3. The third-order valence-electron chi connectivity index (χ3n) is 5.08. The largest absolute Gasteiger partial charge is 0.493 e. The Kier molecular flexibility index (Phi) is 7.01. The summed E-state index contributed by atoms with van der Waals surface area (Å²) in [5.41, 5.74) is 0.883. The van der Waals surface area contributed by atoms with Crippen LogP contribution >= 0.6 is 11.6 Å². The van der Waals surface area contributed by atoms with Gasteiger partial charge in [0.1, 0.15) is 18.0 Å². The van der Waals surface area contributed by atoms with Crippen molar-refractivity contribution in [3.8, 4) is 11.5 Å². The maximum Gasteiger partial charge on any atom is 0.162 e. The quantitative estimate of drug-likeness (QED) is 0.518. The smallest absolute Gasteiger partial charge is 0.162 e. The molecule has 4 rings (SSSR count). The lowest BCUT2D eigenvalue weighted by Gasteiger charge is -2.26. The molecule has 2 heterocycles. The number of anilines is 2. The second-order valence-electron chi connectivity index (χ2n) is 7.15. The highest BCUT2D eigenvalue weighted by molar-refractivity contribution is 6.30. The Morgan fingerprint density at radius 2 is 2.00 bits per heavy atom. The van der Waals surface area contributed by atoms with Gasteiger partial charge in [-0.25, -0.2) is 14.4 Å². The summed E-state index contributed by atoms with van der Waals surface area (Å²) < 4.78 is 31.1. The van der Waals surface area contributed by atoms with Crippen LogP contribution in [0.1, 0.15) is 6.42 Å². The van der Waals surface area contributed by atoms with Gasteiger partial charge in [0, 0.05) is 36.1 Å². The average Bonchev–Trinajstić information content (AvgIpc) is 2.79. The van der Waals surface area contributed by atoms with E-state index in [4.69, 9.17) is 25.8 Å². The van der Waals surface area contributed by atoms with Crippen molar-refractivity contribution < 1.29 is 18.6 Å². The first-order valence-electron chi connectivity index (χ1n) is 10.1. The van der Waals surface area contributed by atoms with Crippen molar-refractivity contribution in [2.45, 2.75) is 6.42 Å². The van der Waals surface area contributed by atoms with E-state index in [-0.39, 0.29) is 5.69 Å². The van der Waals surface area contributed by atoms with Crippen molar-refractivity contribution in [1.82, 2.24) is 14.9 Å². The lowest BCUT2D eigenvalue weighted by atomic mass is 10.2. The van der Waals surface area contributed by atoms with Crippen molar-refractivity contribution in [2.75, 3.05) is 51.9 Å². The topological polar surface area (TPSA) is 68.7 Å². The van der Waals surface area contributed by atoms with Crippen LogP contribution < -0.4 is 14.8 Å². The van der Waals surface area contributed by atoms with E-state index in [1.165, 1.54) is 24.5 Å². The van der Waals surface area contributed by atoms with E-state index < -0.39 is 5.82 Å². The van der Waals surface area contributed by atoms with Gasteiger partial charge in [0.05, 0.1) is 38.1 Å². The number of aromatic nitrogens is 2. The predicted octanol–water partition coefficient (Wildman–Crippen LogP) is 4.28. The molecule has 1 aliphatic rings. The number of nitrogens with one attached hydrogen (secondary N) is 1. The number of morpholine rings is 1. The van der Waals surface area contributed by atoms with E-state index in [0.29, 0.717) is 39.8 Å². The second-order valence-corrected chi connectivity index (χ2v) is 7.58. The van der Waals surface area contributed by atoms with E-state index >= 15 is 0 Å². The zero-order valence-electron chi connectivity index (χ0n) is 17.2. The van der Waals surface area contributed by atoms with Crippen LogP contribution in [0.2, 0.25) is 5.02 Å². The number of rotatable bonds is 8. The minimum absolute atomic E-state index is 0.233. The molecule has 3 aromatic rings. The second kappa shape index (κ2) is 10.1. The Morgan fingerprint density at radius 1 is 1.16 bits per heavy atom. The van der Waals surface area contributed by atoms with Crippen LogP contribution in [0.15, 0.2) is 36.7 Å². The summed E-state index contributed by atoms with van der Waals surface area (Å²) in [4.78, 5) is 10.9. The van der Waals surface area contributed by atoms with Crippen molar-refractivity contribution in [2.24, 2.45) is 0 Å². The van der Waals surface area contributed by atoms with Crippen LogP contribution in [0.25, 0.3) is 10.9 Å². The highest BCUT2D eigenvalue weighted by Crippen LogP contribution is 2.35. The van der Waals surface area contributed by atoms with E-state index in [9.17, 15) is 4.39 Å². The standard InChI is InChI=1S/C22H24ClFN4O3/c1-29-20-13-18-16(12-21(20)31-8-2-5-28-6-9-30-10-7-28)22(26-14-25-18)27-19-11-15(23)3-4-17(19)24/h3-4,11-14H,2,5-10H2,1H3,(H,25,26,27). The van der Waals surface area contributed by atoms with Crippen LogP contribution in [-0.2, 0) is 4.74 Å². The fourth-order valence-corrected chi connectivity index (χ4v) is 3.62. The summed E-state index contributed by atoms with van der Waals surface area (Å²) in [6.45, 7) is 4.95. The molecule has 1 aliphatic heterocycles. The van der Waals surface area contributed by atoms with Crippen molar-refractivity contribution in [1.29, 1.82) is 0 Å². The Hall–Kier alpha value is -2.68. The van der Waals surface area contributed by atoms with Crippen molar-refractivity contribution in [3.63, 3.8) is 0 Å². The van der Waals surface area contributed by atoms with Crippen molar-refractivity contribution in [3.05, 3.63) is 47.5 Å². The fraction of sp³-hybridized carbons (Fsp3) is 0.364. The van der Waals surface area contributed by atoms with Crippen LogP contribution in [-0.4, -0.2) is 61.4 Å². The van der Waals surface area contributed by atoms with Crippen molar-refractivity contribution >= 4 is 34.0 Å². The third kappa shape index (κ3) is 5.33. The zero-order valence-corrected chi connectivity index (χ0v) is 18.0. The van der Waals surface area contributed by atoms with Crippen LogP contribution in [0.4, 0.5) is 15.9 Å². The molecule has 0 bridgehead atoms. The molecule has 0 unspecified atom stereocenters. The number of methoxy groups -OCH3 is 1. The number of benzene rings is 2. The van der Waals surface area contributed by atoms with E-state index in [2.05, 4.69) is 20.2 Å². The predicted molar refractivity (Wildman–Crippen MR) is 118 cm³/mol.